The van der Waals surface area contributed by atoms with E-state index in [-0.39, 0.29) is 18.4 Å². The second kappa shape index (κ2) is 7.31. The van der Waals surface area contributed by atoms with Gasteiger partial charge in [0, 0.05) is 18.1 Å². The summed E-state index contributed by atoms with van der Waals surface area (Å²) in [5.41, 5.74) is 0. The monoisotopic (exact) mass is 310 g/mol. The number of halogens is 1. The Morgan fingerprint density at radius 2 is 1.90 bits per heavy atom. The van der Waals surface area contributed by atoms with Crippen LogP contribution >= 0.6 is 11.6 Å². The standard InChI is InChI=1S/C15H19ClN2O3/c1-11(15(20)18-8-2-3-9-18)17-14(19)10-21-13-6-4-12(16)5-7-13/h4-7,11H,2-3,8-10H2,1H3,(H,17,19)/t11-/m1/s1. The molecule has 1 saturated heterocycles. The maximum absolute atomic E-state index is 12.0. The van der Waals surface area contributed by atoms with Crippen LogP contribution in [0.1, 0.15) is 19.8 Å². The molecule has 1 atom stereocenters. The second-order valence-corrected chi connectivity index (χ2v) is 5.50. The summed E-state index contributed by atoms with van der Waals surface area (Å²) in [7, 11) is 0. The molecule has 2 amide bonds. The summed E-state index contributed by atoms with van der Waals surface area (Å²) in [5, 5.41) is 3.26. The van der Waals surface area contributed by atoms with Crippen LogP contribution < -0.4 is 10.1 Å². The molecule has 0 spiro atoms. The molecule has 1 N–H and O–H groups in total. The molecule has 0 radical (unpaired) electrons. The molecule has 2 rings (SSSR count). The SMILES string of the molecule is C[C@@H](NC(=O)COc1ccc(Cl)cc1)C(=O)N1CCCC1. The number of hydrogen-bond acceptors (Lipinski definition) is 3. The van der Waals surface area contributed by atoms with Crippen LogP contribution in [0.2, 0.25) is 5.02 Å². The smallest absolute Gasteiger partial charge is 0.258 e. The summed E-state index contributed by atoms with van der Waals surface area (Å²) in [4.78, 5) is 25.6. The van der Waals surface area contributed by atoms with Crippen LogP contribution in [-0.4, -0.2) is 42.5 Å². The van der Waals surface area contributed by atoms with Gasteiger partial charge in [0.1, 0.15) is 11.8 Å². The zero-order valence-corrected chi connectivity index (χ0v) is 12.7. The molecule has 0 saturated carbocycles. The van der Waals surface area contributed by atoms with Gasteiger partial charge in [-0.1, -0.05) is 11.6 Å². The molecule has 0 unspecified atom stereocenters. The third kappa shape index (κ3) is 4.63. The number of carbonyl (C=O) groups excluding carboxylic acids is 2. The summed E-state index contributed by atoms with van der Waals surface area (Å²) in [5.74, 6) is 0.213. The van der Waals surface area contributed by atoms with E-state index in [0.29, 0.717) is 10.8 Å². The first-order valence-corrected chi connectivity index (χ1v) is 7.40. The van der Waals surface area contributed by atoms with Crippen molar-refractivity contribution in [3.05, 3.63) is 29.3 Å². The molecule has 0 aliphatic carbocycles. The number of carbonyl (C=O) groups is 2. The maximum Gasteiger partial charge on any atom is 0.258 e. The van der Waals surface area contributed by atoms with Crippen molar-refractivity contribution in [1.29, 1.82) is 0 Å². The zero-order valence-electron chi connectivity index (χ0n) is 12.0. The molecule has 21 heavy (non-hydrogen) atoms. The number of nitrogens with zero attached hydrogens (tertiary/aromatic N) is 1. The van der Waals surface area contributed by atoms with Crippen molar-refractivity contribution in [3.8, 4) is 5.75 Å². The van der Waals surface area contributed by atoms with Gasteiger partial charge in [-0.25, -0.2) is 0 Å². The molecule has 6 heteroatoms. The van der Waals surface area contributed by atoms with E-state index < -0.39 is 6.04 Å². The van der Waals surface area contributed by atoms with Crippen molar-refractivity contribution in [2.75, 3.05) is 19.7 Å². The summed E-state index contributed by atoms with van der Waals surface area (Å²) in [6.45, 7) is 3.13. The van der Waals surface area contributed by atoms with Crippen molar-refractivity contribution >= 4 is 23.4 Å². The highest BCUT2D eigenvalue weighted by Crippen LogP contribution is 2.15. The predicted octanol–water partition coefficient (Wildman–Crippen LogP) is 1.85. The Bertz CT molecular complexity index is 498. The quantitative estimate of drug-likeness (QED) is 0.903. The Labute approximate surface area is 129 Å². The lowest BCUT2D eigenvalue weighted by molar-refractivity contribution is -0.135. The molecule has 1 fully saturated rings. The van der Waals surface area contributed by atoms with Gasteiger partial charge < -0.3 is 15.0 Å². The van der Waals surface area contributed by atoms with Gasteiger partial charge in [0.2, 0.25) is 5.91 Å². The lowest BCUT2D eigenvalue weighted by Gasteiger charge is -2.21. The van der Waals surface area contributed by atoms with E-state index in [2.05, 4.69) is 5.32 Å². The Morgan fingerprint density at radius 1 is 1.29 bits per heavy atom. The van der Waals surface area contributed by atoms with E-state index in [1.165, 1.54) is 0 Å². The summed E-state index contributed by atoms with van der Waals surface area (Å²) in [6, 6.07) is 6.23. The fraction of sp³-hybridized carbons (Fsp3) is 0.467. The number of nitrogens with one attached hydrogen (secondary N) is 1. The van der Waals surface area contributed by atoms with Crippen LogP contribution in [0.15, 0.2) is 24.3 Å². The van der Waals surface area contributed by atoms with Gasteiger partial charge in [-0.05, 0) is 44.0 Å². The van der Waals surface area contributed by atoms with Crippen molar-refractivity contribution in [2.24, 2.45) is 0 Å². The van der Waals surface area contributed by atoms with Crippen LogP contribution in [0.4, 0.5) is 0 Å². The van der Waals surface area contributed by atoms with E-state index in [1.807, 2.05) is 0 Å². The molecule has 114 valence electrons. The lowest BCUT2D eigenvalue weighted by atomic mass is 10.3. The molecule has 1 aromatic carbocycles. The number of rotatable bonds is 5. The fourth-order valence-electron chi connectivity index (χ4n) is 2.24. The summed E-state index contributed by atoms with van der Waals surface area (Å²) < 4.78 is 5.33. The molecule has 0 aromatic heterocycles. The maximum atomic E-state index is 12.0. The van der Waals surface area contributed by atoms with Gasteiger partial charge in [-0.2, -0.15) is 0 Å². The van der Waals surface area contributed by atoms with Gasteiger partial charge in [-0.3, -0.25) is 9.59 Å². The second-order valence-electron chi connectivity index (χ2n) is 5.06. The molecule has 1 aliphatic heterocycles. The van der Waals surface area contributed by atoms with Gasteiger partial charge in [0.15, 0.2) is 6.61 Å². The van der Waals surface area contributed by atoms with Gasteiger partial charge in [0.05, 0.1) is 0 Å². The highest BCUT2D eigenvalue weighted by Gasteiger charge is 2.24. The highest BCUT2D eigenvalue weighted by molar-refractivity contribution is 6.30. The Hall–Kier alpha value is -1.75. The average Bonchev–Trinajstić information content (AvgIpc) is 3.00. The van der Waals surface area contributed by atoms with Gasteiger partial charge >= 0.3 is 0 Å². The normalized spacial score (nSPS) is 15.6. The topological polar surface area (TPSA) is 58.6 Å². The fourth-order valence-corrected chi connectivity index (χ4v) is 2.36. The van der Waals surface area contributed by atoms with E-state index in [1.54, 1.807) is 36.1 Å². The number of benzene rings is 1. The summed E-state index contributed by atoms with van der Waals surface area (Å²) >= 11 is 5.76. The number of amides is 2. The van der Waals surface area contributed by atoms with Gasteiger partial charge in [-0.15, -0.1) is 0 Å². The van der Waals surface area contributed by atoms with Crippen molar-refractivity contribution in [3.63, 3.8) is 0 Å². The number of hydrogen-bond donors (Lipinski definition) is 1. The van der Waals surface area contributed by atoms with Crippen LogP contribution in [0.5, 0.6) is 5.75 Å². The van der Waals surface area contributed by atoms with Gasteiger partial charge in [0.25, 0.3) is 5.91 Å². The lowest BCUT2D eigenvalue weighted by Crippen LogP contribution is -2.47. The van der Waals surface area contributed by atoms with E-state index in [0.717, 1.165) is 25.9 Å². The first-order valence-electron chi connectivity index (χ1n) is 7.03. The Morgan fingerprint density at radius 3 is 2.52 bits per heavy atom. The first-order chi connectivity index (χ1) is 10.1. The average molecular weight is 311 g/mol. The molecule has 5 nitrogen and oxygen atoms in total. The first kappa shape index (κ1) is 15.6. The van der Waals surface area contributed by atoms with Crippen molar-refractivity contribution < 1.29 is 14.3 Å². The minimum absolute atomic E-state index is 0.0349. The van der Waals surface area contributed by atoms with Crippen molar-refractivity contribution in [1.82, 2.24) is 10.2 Å². The zero-order chi connectivity index (χ0) is 15.2. The van der Waals surface area contributed by atoms with Crippen LogP contribution in [0.25, 0.3) is 0 Å². The molecule has 1 heterocycles. The number of likely N-dealkylation sites (tertiary alicyclic amines) is 1. The molecule has 0 bridgehead atoms. The van der Waals surface area contributed by atoms with Crippen LogP contribution in [0, 0.1) is 0 Å². The minimum Gasteiger partial charge on any atom is -0.484 e. The Balaban J connectivity index is 1.75. The minimum atomic E-state index is -0.524. The molecule has 1 aliphatic rings. The molecular weight excluding hydrogens is 292 g/mol. The third-order valence-electron chi connectivity index (χ3n) is 3.35. The molecule has 1 aromatic rings. The predicted molar refractivity (Wildman–Crippen MR) is 80.4 cm³/mol. The van der Waals surface area contributed by atoms with Crippen molar-refractivity contribution in [2.45, 2.75) is 25.8 Å². The van der Waals surface area contributed by atoms with E-state index in [9.17, 15) is 9.59 Å². The Kier molecular flexibility index (Phi) is 5.44. The molecular formula is C15H19ClN2O3. The summed E-state index contributed by atoms with van der Waals surface area (Å²) in [6.07, 6.45) is 2.07. The largest absolute Gasteiger partial charge is 0.484 e. The van der Waals surface area contributed by atoms with E-state index in [4.69, 9.17) is 16.3 Å². The van der Waals surface area contributed by atoms with E-state index >= 15 is 0 Å². The third-order valence-corrected chi connectivity index (χ3v) is 3.60. The van der Waals surface area contributed by atoms with Crippen LogP contribution in [-0.2, 0) is 9.59 Å². The highest BCUT2D eigenvalue weighted by atomic mass is 35.5. The number of ether oxygens (including phenoxy) is 1. The van der Waals surface area contributed by atoms with Crippen LogP contribution in [0.3, 0.4) is 0 Å².